The minimum Gasteiger partial charge on any atom is -0.354 e. The van der Waals surface area contributed by atoms with Crippen molar-refractivity contribution in [1.82, 2.24) is 10.6 Å². The van der Waals surface area contributed by atoms with Crippen LogP contribution < -0.4 is 16.4 Å². The molecule has 0 aromatic rings. The average Bonchev–Trinajstić information content (AvgIpc) is 2.33. The standard InChI is InChI=1S/C14H27N3O2/c1-10(2)12(18)16-8-9-17-13(19)11-6-4-5-7-14(11,3)15/h10-11H,4-9,15H2,1-3H3,(H,16,18)(H,17,19). The minimum atomic E-state index is -0.399. The Morgan fingerprint density at radius 2 is 1.89 bits per heavy atom. The molecule has 0 aromatic carbocycles. The van der Waals surface area contributed by atoms with Gasteiger partial charge in [-0.15, -0.1) is 0 Å². The van der Waals surface area contributed by atoms with Crippen LogP contribution in [0, 0.1) is 11.8 Å². The quantitative estimate of drug-likeness (QED) is 0.645. The Morgan fingerprint density at radius 3 is 2.47 bits per heavy atom. The number of rotatable bonds is 5. The number of amides is 2. The number of carbonyl (C=O) groups excluding carboxylic acids is 2. The van der Waals surface area contributed by atoms with Crippen molar-refractivity contribution in [3.63, 3.8) is 0 Å². The first-order valence-corrected chi connectivity index (χ1v) is 7.19. The van der Waals surface area contributed by atoms with Crippen LogP contribution in [0.1, 0.15) is 46.5 Å². The average molecular weight is 269 g/mol. The molecule has 0 aliphatic heterocycles. The van der Waals surface area contributed by atoms with Crippen LogP contribution in [0.3, 0.4) is 0 Å². The number of nitrogens with two attached hydrogens (primary N) is 1. The number of hydrogen-bond donors (Lipinski definition) is 3. The summed E-state index contributed by atoms with van der Waals surface area (Å²) < 4.78 is 0. The summed E-state index contributed by atoms with van der Waals surface area (Å²) in [5, 5.41) is 5.64. The number of nitrogens with one attached hydrogen (secondary N) is 2. The smallest absolute Gasteiger partial charge is 0.225 e. The highest BCUT2D eigenvalue weighted by Crippen LogP contribution is 2.31. The van der Waals surface area contributed by atoms with Crippen LogP contribution in [-0.2, 0) is 9.59 Å². The molecule has 5 heteroatoms. The van der Waals surface area contributed by atoms with Gasteiger partial charge in [0.1, 0.15) is 0 Å². The highest BCUT2D eigenvalue weighted by molar-refractivity contribution is 5.80. The topological polar surface area (TPSA) is 84.2 Å². The molecule has 5 nitrogen and oxygen atoms in total. The predicted octanol–water partition coefficient (Wildman–Crippen LogP) is 0.782. The van der Waals surface area contributed by atoms with E-state index in [1.165, 1.54) is 0 Å². The zero-order valence-electron chi connectivity index (χ0n) is 12.3. The van der Waals surface area contributed by atoms with Crippen molar-refractivity contribution in [3.8, 4) is 0 Å². The van der Waals surface area contributed by atoms with Crippen molar-refractivity contribution in [1.29, 1.82) is 0 Å². The molecular formula is C14H27N3O2. The maximum Gasteiger partial charge on any atom is 0.225 e. The predicted molar refractivity (Wildman–Crippen MR) is 75.4 cm³/mol. The molecule has 1 aliphatic carbocycles. The minimum absolute atomic E-state index is 0.00979. The monoisotopic (exact) mass is 269 g/mol. The molecule has 19 heavy (non-hydrogen) atoms. The van der Waals surface area contributed by atoms with Gasteiger partial charge in [0.2, 0.25) is 11.8 Å². The Bertz CT molecular complexity index is 327. The van der Waals surface area contributed by atoms with E-state index in [1.807, 2.05) is 20.8 Å². The lowest BCUT2D eigenvalue weighted by molar-refractivity contribution is -0.128. The molecule has 0 spiro atoms. The van der Waals surface area contributed by atoms with Crippen molar-refractivity contribution in [2.24, 2.45) is 17.6 Å². The van der Waals surface area contributed by atoms with E-state index in [0.717, 1.165) is 25.7 Å². The van der Waals surface area contributed by atoms with Gasteiger partial charge in [0.15, 0.2) is 0 Å². The fourth-order valence-electron chi connectivity index (χ4n) is 2.49. The zero-order valence-corrected chi connectivity index (χ0v) is 12.3. The van der Waals surface area contributed by atoms with Crippen LogP contribution in [-0.4, -0.2) is 30.4 Å². The third-order valence-electron chi connectivity index (χ3n) is 3.82. The molecule has 1 fully saturated rings. The maximum atomic E-state index is 12.1. The zero-order chi connectivity index (χ0) is 14.5. The largest absolute Gasteiger partial charge is 0.354 e. The van der Waals surface area contributed by atoms with Gasteiger partial charge < -0.3 is 16.4 Å². The maximum absolute atomic E-state index is 12.1. The van der Waals surface area contributed by atoms with Crippen molar-refractivity contribution < 1.29 is 9.59 Å². The van der Waals surface area contributed by atoms with Gasteiger partial charge in [0, 0.05) is 24.5 Å². The lowest BCUT2D eigenvalue weighted by atomic mass is 9.74. The van der Waals surface area contributed by atoms with Crippen molar-refractivity contribution >= 4 is 11.8 Å². The molecule has 0 bridgehead atoms. The second kappa shape index (κ2) is 6.89. The van der Waals surface area contributed by atoms with Gasteiger partial charge in [-0.2, -0.15) is 0 Å². The second-order valence-corrected chi connectivity index (χ2v) is 6.04. The van der Waals surface area contributed by atoms with Gasteiger partial charge in [-0.1, -0.05) is 26.7 Å². The van der Waals surface area contributed by atoms with Gasteiger partial charge in [-0.05, 0) is 19.8 Å². The molecule has 0 radical (unpaired) electrons. The Labute approximate surface area is 115 Å². The van der Waals surface area contributed by atoms with Gasteiger partial charge in [0.05, 0.1) is 5.92 Å². The van der Waals surface area contributed by atoms with Gasteiger partial charge in [-0.25, -0.2) is 0 Å². The van der Waals surface area contributed by atoms with Crippen LogP contribution in [0.25, 0.3) is 0 Å². The summed E-state index contributed by atoms with van der Waals surface area (Å²) in [5.41, 5.74) is 5.79. The Hall–Kier alpha value is -1.10. The van der Waals surface area contributed by atoms with E-state index in [9.17, 15) is 9.59 Å². The van der Waals surface area contributed by atoms with E-state index in [4.69, 9.17) is 5.73 Å². The Morgan fingerprint density at radius 1 is 1.26 bits per heavy atom. The summed E-state index contributed by atoms with van der Waals surface area (Å²) in [6, 6.07) is 0. The highest BCUT2D eigenvalue weighted by Gasteiger charge is 2.37. The summed E-state index contributed by atoms with van der Waals surface area (Å²) >= 11 is 0. The fraction of sp³-hybridized carbons (Fsp3) is 0.857. The SMILES string of the molecule is CC(C)C(=O)NCCNC(=O)C1CCCCC1(C)N. The Kier molecular flexibility index (Phi) is 5.79. The first-order chi connectivity index (χ1) is 8.84. The molecule has 0 aromatic heterocycles. The summed E-state index contributed by atoms with van der Waals surface area (Å²) in [4.78, 5) is 23.4. The van der Waals surface area contributed by atoms with Crippen LogP contribution in [0.15, 0.2) is 0 Å². The second-order valence-electron chi connectivity index (χ2n) is 6.04. The van der Waals surface area contributed by atoms with E-state index < -0.39 is 5.54 Å². The number of carbonyl (C=O) groups is 2. The first kappa shape index (κ1) is 16.0. The third-order valence-corrected chi connectivity index (χ3v) is 3.82. The molecule has 1 saturated carbocycles. The van der Waals surface area contributed by atoms with Crippen molar-refractivity contribution in [3.05, 3.63) is 0 Å². The molecule has 4 N–H and O–H groups in total. The molecule has 2 amide bonds. The van der Waals surface area contributed by atoms with Crippen LogP contribution in [0.2, 0.25) is 0 Å². The fourth-order valence-corrected chi connectivity index (χ4v) is 2.49. The van der Waals surface area contributed by atoms with E-state index in [0.29, 0.717) is 13.1 Å². The van der Waals surface area contributed by atoms with E-state index in [2.05, 4.69) is 10.6 Å². The van der Waals surface area contributed by atoms with E-state index in [-0.39, 0.29) is 23.7 Å². The molecule has 2 unspecified atom stereocenters. The number of hydrogen-bond acceptors (Lipinski definition) is 3. The summed E-state index contributed by atoms with van der Waals surface area (Å²) in [6.07, 6.45) is 3.92. The van der Waals surface area contributed by atoms with Crippen LogP contribution in [0.4, 0.5) is 0 Å². The molecule has 2 atom stereocenters. The molecule has 110 valence electrons. The third kappa shape index (κ3) is 4.82. The lowest BCUT2D eigenvalue weighted by Crippen LogP contribution is -2.53. The van der Waals surface area contributed by atoms with Gasteiger partial charge in [-0.3, -0.25) is 9.59 Å². The van der Waals surface area contributed by atoms with E-state index >= 15 is 0 Å². The van der Waals surface area contributed by atoms with E-state index in [1.54, 1.807) is 0 Å². The van der Waals surface area contributed by atoms with Crippen molar-refractivity contribution in [2.45, 2.75) is 52.0 Å². The summed E-state index contributed by atoms with van der Waals surface area (Å²) in [5.74, 6) is -0.109. The summed E-state index contributed by atoms with van der Waals surface area (Å²) in [6.45, 7) is 6.57. The molecular weight excluding hydrogens is 242 g/mol. The van der Waals surface area contributed by atoms with Gasteiger partial charge in [0.25, 0.3) is 0 Å². The highest BCUT2D eigenvalue weighted by atomic mass is 16.2. The molecule has 1 aliphatic rings. The lowest BCUT2D eigenvalue weighted by Gasteiger charge is -2.37. The molecule has 0 saturated heterocycles. The first-order valence-electron chi connectivity index (χ1n) is 7.19. The van der Waals surface area contributed by atoms with Gasteiger partial charge >= 0.3 is 0 Å². The molecule has 0 heterocycles. The van der Waals surface area contributed by atoms with Crippen LogP contribution >= 0.6 is 0 Å². The molecule has 1 rings (SSSR count). The van der Waals surface area contributed by atoms with Crippen molar-refractivity contribution in [2.75, 3.05) is 13.1 Å². The Balaban J connectivity index is 2.29. The van der Waals surface area contributed by atoms with Crippen LogP contribution in [0.5, 0.6) is 0 Å². The normalized spacial score (nSPS) is 27.1. The summed E-state index contributed by atoms with van der Waals surface area (Å²) in [7, 11) is 0.